The van der Waals surface area contributed by atoms with E-state index in [4.69, 9.17) is 4.43 Å². The second kappa shape index (κ2) is 7.30. The number of rotatable bonds is 9. The summed E-state index contributed by atoms with van der Waals surface area (Å²) in [6.45, 7) is -1.22. The van der Waals surface area contributed by atoms with Gasteiger partial charge >= 0.3 is 12.0 Å². The van der Waals surface area contributed by atoms with Gasteiger partial charge in [-0.05, 0) is 26.6 Å². The number of halogens is 4. The topological polar surface area (TPSA) is 21.7 Å². The first kappa shape index (κ1) is 16.8. The summed E-state index contributed by atoms with van der Waals surface area (Å²) in [4.78, 5) is 0.189. The maximum absolute atomic E-state index is 13.1. The number of hydrogen-bond acceptors (Lipinski definition) is 3. The Morgan fingerprint density at radius 2 is 1.76 bits per heavy atom. The molecule has 0 bridgehead atoms. The van der Waals surface area contributed by atoms with Crippen LogP contribution in [-0.2, 0) is 9.16 Å². The van der Waals surface area contributed by atoms with E-state index >= 15 is 0 Å². The Kier molecular flexibility index (Phi) is 7.22. The average molecular weight is 277 g/mol. The molecule has 0 aromatic heterocycles. The van der Waals surface area contributed by atoms with Crippen LogP contribution in [0.3, 0.4) is 0 Å². The van der Waals surface area contributed by atoms with Crippen molar-refractivity contribution >= 4 is 9.76 Å². The molecule has 0 aromatic rings. The minimum atomic E-state index is -4.20. The van der Waals surface area contributed by atoms with E-state index in [9.17, 15) is 17.6 Å². The van der Waals surface area contributed by atoms with Crippen molar-refractivity contribution in [2.45, 2.75) is 24.4 Å². The third kappa shape index (κ3) is 5.32. The summed E-state index contributed by atoms with van der Waals surface area (Å²) >= 11 is 0. The average Bonchev–Trinajstić information content (AvgIpc) is 2.22. The van der Waals surface area contributed by atoms with Gasteiger partial charge in [0, 0.05) is 13.7 Å². The summed E-state index contributed by atoms with van der Waals surface area (Å²) in [6.07, 6.45) is 0.559. The van der Waals surface area contributed by atoms with E-state index in [-0.39, 0.29) is 11.5 Å². The summed E-state index contributed by atoms with van der Waals surface area (Å²) in [6, 6.07) is -3.42. The fraction of sp³-hybridized carbons (Fsp3) is 1.00. The summed E-state index contributed by atoms with van der Waals surface area (Å²) in [5, 5.41) is 0. The van der Waals surface area contributed by atoms with Gasteiger partial charge in [0.05, 0.1) is 0 Å². The summed E-state index contributed by atoms with van der Waals surface area (Å²) in [7, 11) is 2.78. The van der Waals surface area contributed by atoms with Crippen LogP contribution in [0.2, 0.25) is 6.04 Å². The Hall–Kier alpha value is -0.183. The smallest absolute Gasteiger partial charge is 0.369 e. The van der Waals surface area contributed by atoms with Crippen molar-refractivity contribution < 1.29 is 26.7 Å². The lowest BCUT2D eigenvalue weighted by atomic mass is 10.3. The molecule has 0 aliphatic carbocycles. The predicted molar refractivity (Wildman–Crippen MR) is 59.4 cm³/mol. The van der Waals surface area contributed by atoms with E-state index in [1.807, 2.05) is 0 Å². The normalized spacial score (nSPS) is 14.1. The SMILES string of the molecule is CO[SiH2]CCCOCC(F)(F)C(F)(F)N(C)C. The summed E-state index contributed by atoms with van der Waals surface area (Å²) in [5.74, 6) is -4.19. The van der Waals surface area contributed by atoms with Crippen LogP contribution >= 0.6 is 0 Å². The van der Waals surface area contributed by atoms with Gasteiger partial charge in [-0.15, -0.1) is 0 Å². The third-order valence-electron chi connectivity index (χ3n) is 2.17. The second-order valence-corrected chi connectivity index (χ2v) is 5.59. The third-order valence-corrected chi connectivity index (χ3v) is 3.37. The monoisotopic (exact) mass is 277 g/mol. The first-order chi connectivity index (χ1) is 7.75. The highest BCUT2D eigenvalue weighted by atomic mass is 28.2. The highest BCUT2D eigenvalue weighted by Gasteiger charge is 2.58. The molecule has 0 aliphatic heterocycles. The molecule has 17 heavy (non-hydrogen) atoms. The molecule has 8 heteroatoms. The summed E-state index contributed by atoms with van der Waals surface area (Å²) < 4.78 is 61.7. The fourth-order valence-corrected chi connectivity index (χ4v) is 1.76. The first-order valence-electron chi connectivity index (χ1n) is 5.25. The number of ether oxygens (including phenoxy) is 1. The molecule has 0 fully saturated rings. The number of alkyl halides is 4. The van der Waals surface area contributed by atoms with Crippen LogP contribution in [-0.4, -0.2) is 61.1 Å². The van der Waals surface area contributed by atoms with Crippen LogP contribution in [0.4, 0.5) is 17.6 Å². The van der Waals surface area contributed by atoms with E-state index < -0.39 is 28.3 Å². The van der Waals surface area contributed by atoms with Crippen molar-refractivity contribution in [2.75, 3.05) is 34.4 Å². The molecule has 0 saturated heterocycles. The molecule has 0 rings (SSSR count). The Bertz CT molecular complexity index is 217. The van der Waals surface area contributed by atoms with Gasteiger partial charge in [0.2, 0.25) is 0 Å². The number of nitrogens with zero attached hydrogens (tertiary/aromatic N) is 1. The van der Waals surface area contributed by atoms with Crippen LogP contribution in [0.1, 0.15) is 6.42 Å². The van der Waals surface area contributed by atoms with E-state index in [1.165, 1.54) is 0 Å². The van der Waals surface area contributed by atoms with Gasteiger partial charge in [0.25, 0.3) is 0 Å². The molecule has 0 saturated carbocycles. The van der Waals surface area contributed by atoms with Gasteiger partial charge < -0.3 is 9.16 Å². The highest BCUT2D eigenvalue weighted by molar-refractivity contribution is 6.26. The minimum Gasteiger partial charge on any atom is -0.427 e. The Balaban J connectivity index is 3.93. The molecule has 0 radical (unpaired) electrons. The van der Waals surface area contributed by atoms with E-state index in [0.29, 0.717) is 6.42 Å². The Morgan fingerprint density at radius 3 is 2.24 bits per heavy atom. The van der Waals surface area contributed by atoms with Gasteiger partial charge in [-0.1, -0.05) is 0 Å². The van der Waals surface area contributed by atoms with Crippen LogP contribution in [0, 0.1) is 0 Å². The molecule has 104 valence electrons. The molecule has 0 unspecified atom stereocenters. The molecule has 0 aromatic carbocycles. The second-order valence-electron chi connectivity index (χ2n) is 3.89. The molecule has 0 heterocycles. The quantitative estimate of drug-likeness (QED) is 0.275. The molecule has 0 spiro atoms. The van der Waals surface area contributed by atoms with E-state index in [0.717, 1.165) is 20.1 Å². The molecular weight excluding hydrogens is 258 g/mol. The largest absolute Gasteiger partial charge is 0.427 e. The van der Waals surface area contributed by atoms with Crippen molar-refractivity contribution in [3.8, 4) is 0 Å². The maximum Gasteiger partial charge on any atom is 0.369 e. The Labute approximate surface area is 101 Å². The van der Waals surface area contributed by atoms with Gasteiger partial charge in [0.1, 0.15) is 6.61 Å². The highest BCUT2D eigenvalue weighted by Crippen LogP contribution is 2.35. The van der Waals surface area contributed by atoms with Gasteiger partial charge in [-0.3, -0.25) is 0 Å². The summed E-state index contributed by atoms with van der Waals surface area (Å²) in [5.41, 5.74) is 0. The van der Waals surface area contributed by atoms with Crippen molar-refractivity contribution in [3.05, 3.63) is 0 Å². The van der Waals surface area contributed by atoms with Crippen LogP contribution in [0.5, 0.6) is 0 Å². The zero-order chi connectivity index (χ0) is 13.5. The maximum atomic E-state index is 13.1. The van der Waals surface area contributed by atoms with Gasteiger partial charge in [-0.2, -0.15) is 17.6 Å². The van der Waals surface area contributed by atoms with Crippen LogP contribution in [0.15, 0.2) is 0 Å². The number of hydrogen-bond donors (Lipinski definition) is 0. The molecule has 0 atom stereocenters. The van der Waals surface area contributed by atoms with Crippen LogP contribution < -0.4 is 0 Å². The zero-order valence-electron chi connectivity index (χ0n) is 10.3. The van der Waals surface area contributed by atoms with Crippen molar-refractivity contribution in [2.24, 2.45) is 0 Å². The van der Waals surface area contributed by atoms with Gasteiger partial charge in [0.15, 0.2) is 9.76 Å². The molecule has 0 amide bonds. The van der Waals surface area contributed by atoms with Crippen molar-refractivity contribution in [3.63, 3.8) is 0 Å². The van der Waals surface area contributed by atoms with Gasteiger partial charge in [-0.25, -0.2) is 4.90 Å². The fourth-order valence-electron chi connectivity index (χ4n) is 1.06. The van der Waals surface area contributed by atoms with Crippen molar-refractivity contribution in [1.29, 1.82) is 0 Å². The van der Waals surface area contributed by atoms with Crippen molar-refractivity contribution in [1.82, 2.24) is 4.90 Å². The molecule has 0 N–H and O–H groups in total. The Morgan fingerprint density at radius 1 is 1.18 bits per heavy atom. The minimum absolute atomic E-state index is 0.0511. The lowest BCUT2D eigenvalue weighted by molar-refractivity contribution is -0.288. The van der Waals surface area contributed by atoms with E-state index in [2.05, 4.69) is 4.74 Å². The lowest BCUT2D eigenvalue weighted by Crippen LogP contribution is -2.53. The standard InChI is InChI=1S/C9H19F4NO2Si/c1-14(2)9(12,13)8(10,11)7-16-5-4-6-17-15-3/h4-7,17H2,1-3H3. The lowest BCUT2D eigenvalue weighted by Gasteiger charge is -2.31. The zero-order valence-corrected chi connectivity index (χ0v) is 11.7. The predicted octanol–water partition coefficient (Wildman–Crippen LogP) is 1.33. The molecular formula is C9H19F4NO2Si. The van der Waals surface area contributed by atoms with E-state index in [1.54, 1.807) is 7.11 Å². The van der Waals surface area contributed by atoms with Crippen LogP contribution in [0.25, 0.3) is 0 Å². The molecule has 0 aliphatic rings. The first-order valence-corrected chi connectivity index (χ1v) is 6.83. The molecule has 3 nitrogen and oxygen atoms in total.